The number of aryl methyl sites for hydroxylation is 1. The fraction of sp³-hybridized carbons (Fsp3) is 0.0833. The molecule has 7 heteroatoms. The third-order valence-corrected chi connectivity index (χ3v) is 6.03. The molecule has 0 radical (unpaired) electrons. The molecule has 0 bridgehead atoms. The summed E-state index contributed by atoms with van der Waals surface area (Å²) in [5, 5.41) is 4.79. The number of aromatic nitrogens is 1. The van der Waals surface area contributed by atoms with Gasteiger partial charge in [-0.2, -0.15) is 0 Å². The van der Waals surface area contributed by atoms with Gasteiger partial charge in [-0.1, -0.05) is 71.4 Å². The average molecular weight is 432 g/mol. The Kier molecular flexibility index (Phi) is 5.95. The molecule has 0 fully saturated rings. The fourth-order valence-electron chi connectivity index (χ4n) is 3.01. The highest BCUT2D eigenvalue weighted by molar-refractivity contribution is 7.92. The zero-order chi connectivity index (χ0) is 21.7. The predicted octanol–water partition coefficient (Wildman–Crippen LogP) is 4.89. The van der Waals surface area contributed by atoms with Crippen molar-refractivity contribution in [1.82, 2.24) is 4.98 Å². The molecule has 0 aliphatic heterocycles. The summed E-state index contributed by atoms with van der Waals surface area (Å²) in [6.07, 6.45) is 1.51. The average Bonchev–Trinajstić information content (AvgIpc) is 2.78. The number of fused-ring (bicyclic) bond motifs is 1. The van der Waals surface area contributed by atoms with E-state index in [0.29, 0.717) is 23.5 Å². The summed E-state index contributed by atoms with van der Waals surface area (Å²) in [5.74, 6) is 0. The van der Waals surface area contributed by atoms with E-state index in [9.17, 15) is 8.42 Å². The molecule has 3 aromatic carbocycles. The van der Waals surface area contributed by atoms with Crippen molar-refractivity contribution in [2.24, 2.45) is 5.16 Å². The molecule has 6 nitrogen and oxygen atoms in total. The number of rotatable bonds is 7. The van der Waals surface area contributed by atoms with Crippen LogP contribution in [0.15, 0.2) is 95.0 Å². The highest BCUT2D eigenvalue weighted by Gasteiger charge is 2.16. The smallest absolute Gasteiger partial charge is 0.261 e. The molecule has 156 valence electrons. The van der Waals surface area contributed by atoms with Crippen LogP contribution in [-0.4, -0.2) is 19.6 Å². The number of benzene rings is 3. The lowest BCUT2D eigenvalue weighted by molar-refractivity contribution is 0.132. The molecule has 0 atom stereocenters. The van der Waals surface area contributed by atoms with Crippen LogP contribution in [0, 0.1) is 6.92 Å². The van der Waals surface area contributed by atoms with Gasteiger partial charge in [0.2, 0.25) is 0 Å². The van der Waals surface area contributed by atoms with Gasteiger partial charge in [0.1, 0.15) is 6.61 Å². The van der Waals surface area contributed by atoms with Gasteiger partial charge in [0.05, 0.1) is 28.0 Å². The van der Waals surface area contributed by atoms with E-state index in [-0.39, 0.29) is 4.90 Å². The number of nitrogens with one attached hydrogen (secondary N) is 1. The van der Waals surface area contributed by atoms with Crippen molar-refractivity contribution < 1.29 is 13.3 Å². The Morgan fingerprint density at radius 3 is 2.48 bits per heavy atom. The summed E-state index contributed by atoms with van der Waals surface area (Å²) in [4.78, 5) is 10.1. The van der Waals surface area contributed by atoms with Crippen LogP contribution >= 0.6 is 0 Å². The van der Waals surface area contributed by atoms with Crippen molar-refractivity contribution in [1.29, 1.82) is 0 Å². The Morgan fingerprint density at radius 2 is 1.71 bits per heavy atom. The van der Waals surface area contributed by atoms with Crippen molar-refractivity contribution in [3.63, 3.8) is 0 Å². The number of hydrogen-bond acceptors (Lipinski definition) is 5. The molecule has 31 heavy (non-hydrogen) atoms. The van der Waals surface area contributed by atoms with Crippen molar-refractivity contribution in [2.45, 2.75) is 18.4 Å². The number of hydrogen-bond donors (Lipinski definition) is 1. The molecule has 1 N–H and O–H groups in total. The van der Waals surface area contributed by atoms with Gasteiger partial charge in [-0.3, -0.25) is 4.72 Å². The Labute approximate surface area is 181 Å². The molecule has 0 aliphatic rings. The lowest BCUT2D eigenvalue weighted by Crippen LogP contribution is -2.13. The molecule has 0 unspecified atom stereocenters. The SMILES string of the molecule is Cc1ccc(S(=O)(=O)Nc2cccc3ccc(/C=N/OCc4ccccc4)nc23)cc1. The summed E-state index contributed by atoms with van der Waals surface area (Å²) >= 11 is 0. The Morgan fingerprint density at radius 1 is 0.935 bits per heavy atom. The molecule has 4 rings (SSSR count). The van der Waals surface area contributed by atoms with Crippen LogP contribution in [0.5, 0.6) is 0 Å². The van der Waals surface area contributed by atoms with Crippen molar-refractivity contribution in [2.75, 3.05) is 4.72 Å². The number of nitrogens with zero attached hydrogens (tertiary/aromatic N) is 2. The normalized spacial score (nSPS) is 11.6. The van der Waals surface area contributed by atoms with E-state index < -0.39 is 10.0 Å². The second-order valence-corrected chi connectivity index (χ2v) is 8.71. The molecule has 4 aromatic rings. The molecule has 0 spiro atoms. The minimum absolute atomic E-state index is 0.196. The lowest BCUT2D eigenvalue weighted by Gasteiger charge is -2.11. The summed E-state index contributed by atoms with van der Waals surface area (Å²) in [6, 6.07) is 25.4. The highest BCUT2D eigenvalue weighted by Crippen LogP contribution is 2.24. The molecule has 0 saturated carbocycles. The van der Waals surface area contributed by atoms with E-state index in [0.717, 1.165) is 16.5 Å². The van der Waals surface area contributed by atoms with Gasteiger partial charge >= 0.3 is 0 Å². The highest BCUT2D eigenvalue weighted by atomic mass is 32.2. The molecule has 0 amide bonds. The first-order valence-corrected chi connectivity index (χ1v) is 11.2. The number of para-hydroxylation sites is 1. The second-order valence-electron chi connectivity index (χ2n) is 7.03. The van der Waals surface area contributed by atoms with E-state index >= 15 is 0 Å². The molecule has 0 aliphatic carbocycles. The monoisotopic (exact) mass is 431 g/mol. The van der Waals surface area contributed by atoms with E-state index in [4.69, 9.17) is 4.84 Å². The van der Waals surface area contributed by atoms with Crippen LogP contribution in [-0.2, 0) is 21.5 Å². The number of oxime groups is 1. The van der Waals surface area contributed by atoms with Crippen LogP contribution in [0.1, 0.15) is 16.8 Å². The minimum Gasteiger partial charge on any atom is -0.391 e. The van der Waals surface area contributed by atoms with Gasteiger partial charge in [0, 0.05) is 5.39 Å². The second kappa shape index (κ2) is 8.97. The van der Waals surface area contributed by atoms with Gasteiger partial charge in [-0.25, -0.2) is 13.4 Å². The fourth-order valence-corrected chi connectivity index (χ4v) is 4.08. The Bertz CT molecular complexity index is 1320. The Hall–Kier alpha value is -3.71. The largest absolute Gasteiger partial charge is 0.391 e. The van der Waals surface area contributed by atoms with Gasteiger partial charge in [-0.05, 0) is 36.8 Å². The molecule has 1 aromatic heterocycles. The topological polar surface area (TPSA) is 80.7 Å². The first-order valence-electron chi connectivity index (χ1n) is 9.70. The summed E-state index contributed by atoms with van der Waals surface area (Å²) in [7, 11) is -3.73. The van der Waals surface area contributed by atoms with Crippen molar-refractivity contribution in [3.05, 3.63) is 102 Å². The van der Waals surface area contributed by atoms with Crippen molar-refractivity contribution in [3.8, 4) is 0 Å². The standard InChI is InChI=1S/C24H21N3O3S/c1-18-10-14-22(15-11-18)31(28,29)27-23-9-5-8-20-12-13-21(26-24(20)23)16-25-30-17-19-6-3-2-4-7-19/h2-16,27H,17H2,1H3/b25-16+. The van der Waals surface area contributed by atoms with Crippen LogP contribution in [0.25, 0.3) is 10.9 Å². The number of pyridine rings is 1. The van der Waals surface area contributed by atoms with E-state index in [1.54, 1.807) is 42.5 Å². The maximum absolute atomic E-state index is 12.8. The number of sulfonamides is 1. The van der Waals surface area contributed by atoms with Gasteiger partial charge < -0.3 is 4.84 Å². The maximum atomic E-state index is 12.8. The van der Waals surface area contributed by atoms with E-state index in [2.05, 4.69) is 14.9 Å². The lowest BCUT2D eigenvalue weighted by atomic mass is 10.2. The Balaban J connectivity index is 1.55. The van der Waals surface area contributed by atoms with E-state index in [1.807, 2.05) is 49.4 Å². The van der Waals surface area contributed by atoms with Crippen molar-refractivity contribution >= 4 is 32.8 Å². The van der Waals surface area contributed by atoms with Gasteiger partial charge in [0.15, 0.2) is 0 Å². The number of anilines is 1. The third-order valence-electron chi connectivity index (χ3n) is 4.65. The van der Waals surface area contributed by atoms with Crippen LogP contribution in [0.4, 0.5) is 5.69 Å². The zero-order valence-corrected chi connectivity index (χ0v) is 17.7. The molecular weight excluding hydrogens is 410 g/mol. The summed E-state index contributed by atoms with van der Waals surface area (Å²) < 4.78 is 28.3. The van der Waals surface area contributed by atoms with Crippen LogP contribution in [0.2, 0.25) is 0 Å². The quantitative estimate of drug-likeness (QED) is 0.334. The van der Waals surface area contributed by atoms with E-state index in [1.165, 1.54) is 6.21 Å². The van der Waals surface area contributed by atoms with Gasteiger partial charge in [-0.15, -0.1) is 0 Å². The predicted molar refractivity (Wildman–Crippen MR) is 123 cm³/mol. The summed E-state index contributed by atoms with van der Waals surface area (Å²) in [6.45, 7) is 2.26. The summed E-state index contributed by atoms with van der Waals surface area (Å²) in [5.41, 5.74) is 3.49. The zero-order valence-electron chi connectivity index (χ0n) is 16.9. The maximum Gasteiger partial charge on any atom is 0.261 e. The first kappa shape index (κ1) is 20.6. The van der Waals surface area contributed by atoms with Gasteiger partial charge in [0.25, 0.3) is 10.0 Å². The molecular formula is C24H21N3O3S. The molecule has 1 heterocycles. The van der Waals surface area contributed by atoms with Crippen LogP contribution < -0.4 is 4.72 Å². The minimum atomic E-state index is -3.73. The third kappa shape index (κ3) is 5.07. The first-order chi connectivity index (χ1) is 15.0. The van der Waals surface area contributed by atoms with Crippen LogP contribution in [0.3, 0.4) is 0 Å². The molecule has 0 saturated heterocycles.